The topological polar surface area (TPSA) is 15.3 Å². The van der Waals surface area contributed by atoms with E-state index < -0.39 is 18.3 Å². The Morgan fingerprint density at radius 3 is 2.47 bits per heavy atom. The third-order valence-electron chi connectivity index (χ3n) is 3.40. The quantitative estimate of drug-likeness (QED) is 0.921. The van der Waals surface area contributed by atoms with Crippen LogP contribution in [0.2, 0.25) is 5.02 Å². The fourth-order valence-corrected chi connectivity index (χ4v) is 2.64. The number of benzene rings is 1. The molecule has 0 bridgehead atoms. The van der Waals surface area contributed by atoms with Crippen molar-refractivity contribution >= 4 is 11.6 Å². The zero-order valence-electron chi connectivity index (χ0n) is 10.6. The lowest BCUT2D eigenvalue weighted by molar-refractivity contribution is 0.0164. The highest BCUT2D eigenvalue weighted by Crippen LogP contribution is 2.35. The van der Waals surface area contributed by atoms with E-state index in [-0.39, 0.29) is 10.6 Å². The van der Waals surface area contributed by atoms with Crippen molar-refractivity contribution < 1.29 is 13.2 Å². The number of aryl methyl sites for hydroxylation is 1. The first-order chi connectivity index (χ1) is 9.02. The number of halogens is 4. The molecule has 1 fully saturated rings. The summed E-state index contributed by atoms with van der Waals surface area (Å²) in [5.41, 5.74) is 0.249. The number of piperazine rings is 1. The van der Waals surface area contributed by atoms with Crippen LogP contribution in [0.5, 0.6) is 0 Å². The first kappa shape index (κ1) is 14.6. The van der Waals surface area contributed by atoms with Crippen molar-refractivity contribution in [3.63, 3.8) is 0 Å². The molecule has 1 N–H and O–H groups in total. The van der Waals surface area contributed by atoms with Gasteiger partial charge in [0.15, 0.2) is 0 Å². The van der Waals surface area contributed by atoms with E-state index in [1.807, 2.05) is 0 Å². The van der Waals surface area contributed by atoms with Gasteiger partial charge in [0.25, 0.3) is 6.43 Å². The fraction of sp³-hybridized carbons (Fsp3) is 0.538. The molecule has 6 heteroatoms. The van der Waals surface area contributed by atoms with E-state index in [1.54, 1.807) is 11.8 Å². The SMILES string of the molecule is Cc1ccc(Cl)c([C@H](C(F)F)N2CCNCC2)c1F. The predicted molar refractivity (Wildman–Crippen MR) is 69.3 cm³/mol. The van der Waals surface area contributed by atoms with Gasteiger partial charge in [-0.15, -0.1) is 0 Å². The number of nitrogens with zero attached hydrogens (tertiary/aromatic N) is 1. The van der Waals surface area contributed by atoms with Gasteiger partial charge in [-0.25, -0.2) is 13.2 Å². The number of nitrogens with one attached hydrogen (secondary N) is 1. The molecule has 1 aliphatic rings. The van der Waals surface area contributed by atoms with Gasteiger partial charge in [-0.05, 0) is 18.6 Å². The molecule has 0 unspecified atom stereocenters. The van der Waals surface area contributed by atoms with Crippen LogP contribution in [-0.4, -0.2) is 37.5 Å². The molecule has 19 heavy (non-hydrogen) atoms. The van der Waals surface area contributed by atoms with Gasteiger partial charge in [0.1, 0.15) is 11.9 Å². The predicted octanol–water partition coefficient (Wildman–Crippen LogP) is 3.00. The monoisotopic (exact) mass is 292 g/mol. The number of hydrogen-bond acceptors (Lipinski definition) is 2. The second-order valence-electron chi connectivity index (χ2n) is 4.66. The minimum absolute atomic E-state index is 0.0620. The average molecular weight is 293 g/mol. The van der Waals surface area contributed by atoms with Crippen LogP contribution in [-0.2, 0) is 0 Å². The second-order valence-corrected chi connectivity index (χ2v) is 5.06. The molecule has 0 aromatic heterocycles. The molecular weight excluding hydrogens is 277 g/mol. The Labute approximate surface area is 115 Å². The summed E-state index contributed by atoms with van der Waals surface area (Å²) in [7, 11) is 0. The molecule has 1 aromatic carbocycles. The summed E-state index contributed by atoms with van der Waals surface area (Å²) >= 11 is 5.94. The van der Waals surface area contributed by atoms with E-state index in [2.05, 4.69) is 5.32 Å². The van der Waals surface area contributed by atoms with Gasteiger partial charge in [0.05, 0.1) is 0 Å². The zero-order chi connectivity index (χ0) is 14.0. The highest BCUT2D eigenvalue weighted by Gasteiger charge is 2.34. The molecule has 1 atom stereocenters. The maximum absolute atomic E-state index is 14.2. The summed E-state index contributed by atoms with van der Waals surface area (Å²) in [4.78, 5) is 1.59. The number of alkyl halides is 2. The molecule has 106 valence electrons. The van der Waals surface area contributed by atoms with Gasteiger partial charge in [-0.3, -0.25) is 4.90 Å². The maximum atomic E-state index is 14.2. The summed E-state index contributed by atoms with van der Waals surface area (Å²) in [6, 6.07) is 1.70. The van der Waals surface area contributed by atoms with Crippen molar-refractivity contribution in [3.05, 3.63) is 34.1 Å². The van der Waals surface area contributed by atoms with Crippen molar-refractivity contribution in [2.75, 3.05) is 26.2 Å². The van der Waals surface area contributed by atoms with Crippen LogP contribution in [0.3, 0.4) is 0 Å². The third-order valence-corrected chi connectivity index (χ3v) is 3.73. The van der Waals surface area contributed by atoms with Crippen LogP contribution in [0.1, 0.15) is 17.2 Å². The fourth-order valence-electron chi connectivity index (χ4n) is 2.38. The van der Waals surface area contributed by atoms with Gasteiger partial charge in [0.2, 0.25) is 0 Å². The van der Waals surface area contributed by atoms with E-state index in [9.17, 15) is 13.2 Å². The van der Waals surface area contributed by atoms with Crippen molar-refractivity contribution in [3.8, 4) is 0 Å². The second kappa shape index (κ2) is 6.11. The van der Waals surface area contributed by atoms with Crippen molar-refractivity contribution in [1.82, 2.24) is 10.2 Å². The molecule has 0 saturated carbocycles. The first-order valence-corrected chi connectivity index (χ1v) is 6.57. The van der Waals surface area contributed by atoms with Gasteiger partial charge in [0, 0.05) is 36.8 Å². The normalized spacial score (nSPS) is 18.8. The Balaban J connectivity index is 2.41. The molecule has 1 aliphatic heterocycles. The Hall–Kier alpha value is -0.780. The smallest absolute Gasteiger partial charge is 0.258 e. The molecule has 1 saturated heterocycles. The molecule has 2 rings (SSSR count). The lowest BCUT2D eigenvalue weighted by atomic mass is 10.0. The van der Waals surface area contributed by atoms with E-state index in [0.717, 1.165) is 0 Å². The van der Waals surface area contributed by atoms with E-state index in [0.29, 0.717) is 31.7 Å². The van der Waals surface area contributed by atoms with Crippen molar-refractivity contribution in [2.24, 2.45) is 0 Å². The van der Waals surface area contributed by atoms with Crippen LogP contribution in [0, 0.1) is 12.7 Å². The standard InChI is InChI=1S/C13H16ClF3N2/c1-8-2-3-9(14)10(11(8)15)12(13(16)17)19-6-4-18-5-7-19/h2-3,12-13,18H,4-7H2,1H3/t12-/m1/s1. The van der Waals surface area contributed by atoms with Gasteiger partial charge >= 0.3 is 0 Å². The summed E-state index contributed by atoms with van der Waals surface area (Å²) in [6.45, 7) is 3.70. The van der Waals surface area contributed by atoms with Gasteiger partial charge in [-0.2, -0.15) is 0 Å². The van der Waals surface area contributed by atoms with Crippen molar-refractivity contribution in [2.45, 2.75) is 19.4 Å². The molecule has 0 radical (unpaired) electrons. The Morgan fingerprint density at radius 2 is 1.89 bits per heavy atom. The van der Waals surface area contributed by atoms with Crippen molar-refractivity contribution in [1.29, 1.82) is 0 Å². The number of rotatable bonds is 3. The minimum Gasteiger partial charge on any atom is -0.314 e. The highest BCUT2D eigenvalue weighted by atomic mass is 35.5. The molecule has 1 heterocycles. The molecular formula is C13H16ClF3N2. The molecule has 1 aromatic rings. The third kappa shape index (κ3) is 3.04. The summed E-state index contributed by atoms with van der Waals surface area (Å²) in [5.74, 6) is -0.628. The lowest BCUT2D eigenvalue weighted by Gasteiger charge is -2.35. The molecule has 0 amide bonds. The average Bonchev–Trinajstić information content (AvgIpc) is 2.39. The van der Waals surface area contributed by atoms with Crippen LogP contribution in [0.15, 0.2) is 12.1 Å². The lowest BCUT2D eigenvalue weighted by Crippen LogP contribution is -2.47. The highest BCUT2D eigenvalue weighted by molar-refractivity contribution is 6.31. The van der Waals surface area contributed by atoms with Crippen LogP contribution >= 0.6 is 11.6 Å². The Kier molecular flexibility index (Phi) is 4.71. The first-order valence-electron chi connectivity index (χ1n) is 6.19. The number of hydrogen-bond donors (Lipinski definition) is 1. The summed E-state index contributed by atoms with van der Waals surface area (Å²) in [6.07, 6.45) is -2.67. The largest absolute Gasteiger partial charge is 0.314 e. The van der Waals surface area contributed by atoms with E-state index in [1.165, 1.54) is 12.1 Å². The Bertz CT molecular complexity index is 448. The van der Waals surface area contributed by atoms with Crippen LogP contribution in [0.25, 0.3) is 0 Å². The molecule has 0 aliphatic carbocycles. The van der Waals surface area contributed by atoms with Gasteiger partial charge in [-0.1, -0.05) is 17.7 Å². The van der Waals surface area contributed by atoms with E-state index in [4.69, 9.17) is 11.6 Å². The maximum Gasteiger partial charge on any atom is 0.258 e. The van der Waals surface area contributed by atoms with E-state index >= 15 is 0 Å². The Morgan fingerprint density at radius 1 is 1.26 bits per heavy atom. The van der Waals surface area contributed by atoms with Crippen LogP contribution in [0.4, 0.5) is 13.2 Å². The minimum atomic E-state index is -2.67. The molecule has 0 spiro atoms. The summed E-state index contributed by atoms with van der Waals surface area (Å²) < 4.78 is 40.9. The van der Waals surface area contributed by atoms with Crippen LogP contribution < -0.4 is 5.32 Å². The summed E-state index contributed by atoms with van der Waals surface area (Å²) in [5, 5.41) is 3.15. The zero-order valence-corrected chi connectivity index (χ0v) is 11.4. The van der Waals surface area contributed by atoms with Gasteiger partial charge < -0.3 is 5.32 Å². The molecule has 2 nitrogen and oxygen atoms in total.